The molecule has 7 nitrogen and oxygen atoms in total. The molecule has 1 N–H and O–H groups in total. The van der Waals surface area contributed by atoms with Crippen LogP contribution in [-0.4, -0.2) is 59.8 Å². The monoisotopic (exact) mass is 504 g/mol. The van der Waals surface area contributed by atoms with Crippen molar-refractivity contribution in [1.82, 2.24) is 9.88 Å². The lowest BCUT2D eigenvalue weighted by Gasteiger charge is -2.33. The van der Waals surface area contributed by atoms with Crippen LogP contribution in [0.5, 0.6) is 0 Å². The molecule has 2 aromatic rings. The normalized spacial score (nSPS) is 20.4. The number of likely N-dealkylation sites (tertiary alicyclic amines) is 1. The first-order chi connectivity index (χ1) is 17.0. The lowest BCUT2D eigenvalue weighted by Crippen LogP contribution is -2.45. The van der Waals surface area contributed by atoms with Crippen molar-refractivity contribution in [2.75, 3.05) is 36.4 Å². The van der Waals surface area contributed by atoms with Crippen LogP contribution in [0.1, 0.15) is 40.0 Å². The molecule has 2 saturated heterocycles. The first-order valence-corrected chi connectivity index (χ1v) is 12.1. The Hall–Kier alpha value is -3.30. The molecule has 3 heterocycles. The summed E-state index contributed by atoms with van der Waals surface area (Å²) in [4.78, 5) is 33.5. The highest BCUT2D eigenvalue weighted by atomic mass is 19.1. The van der Waals surface area contributed by atoms with Gasteiger partial charge in [-0.3, -0.25) is 4.79 Å². The SMILES string of the molecule is CC(C)(C)OC(=O)N1CCCC(C(=O)Nc2c(-c3cc(F)ccc3F)ccnc2N2CCC(F)C2)C1. The highest BCUT2D eigenvalue weighted by molar-refractivity contribution is 6.00. The van der Waals surface area contributed by atoms with Gasteiger partial charge in [-0.2, -0.15) is 0 Å². The van der Waals surface area contributed by atoms with Crippen molar-refractivity contribution in [3.05, 3.63) is 42.1 Å². The van der Waals surface area contributed by atoms with Crippen LogP contribution in [-0.2, 0) is 9.53 Å². The van der Waals surface area contributed by atoms with Crippen molar-refractivity contribution in [1.29, 1.82) is 0 Å². The van der Waals surface area contributed by atoms with Crippen LogP contribution in [0, 0.1) is 17.6 Å². The summed E-state index contributed by atoms with van der Waals surface area (Å²) in [6.07, 6.45) is 1.35. The predicted molar refractivity (Wildman–Crippen MR) is 130 cm³/mol. The van der Waals surface area contributed by atoms with Crippen LogP contribution >= 0.6 is 0 Å². The average Bonchev–Trinajstić information content (AvgIpc) is 3.26. The number of hydrogen-bond donors (Lipinski definition) is 1. The van der Waals surface area contributed by atoms with E-state index in [1.54, 1.807) is 25.7 Å². The van der Waals surface area contributed by atoms with Crippen LogP contribution in [0.15, 0.2) is 30.5 Å². The standard InChI is InChI=1S/C26H31F3N4O3/c1-26(2,3)36-25(35)33-11-4-5-16(14-33)24(34)31-22-19(20-13-17(27)6-7-21(20)29)8-10-30-23(22)32-12-9-18(28)15-32/h6-8,10,13,16,18H,4-5,9,11-12,14-15H2,1-3H3,(H,31,34). The van der Waals surface area contributed by atoms with Crippen LogP contribution in [0.25, 0.3) is 11.1 Å². The molecule has 2 unspecified atom stereocenters. The molecule has 2 fully saturated rings. The van der Waals surface area contributed by atoms with Gasteiger partial charge in [-0.15, -0.1) is 0 Å². The minimum Gasteiger partial charge on any atom is -0.444 e. The van der Waals surface area contributed by atoms with Gasteiger partial charge in [0.25, 0.3) is 0 Å². The predicted octanol–water partition coefficient (Wildman–Crippen LogP) is 5.16. The number of halogens is 3. The smallest absolute Gasteiger partial charge is 0.410 e. The molecular weight excluding hydrogens is 473 g/mol. The van der Waals surface area contributed by atoms with E-state index in [1.807, 2.05) is 0 Å². The summed E-state index contributed by atoms with van der Waals surface area (Å²) in [5.74, 6) is -1.93. The highest BCUT2D eigenvalue weighted by Gasteiger charge is 2.33. The van der Waals surface area contributed by atoms with Gasteiger partial charge in [-0.1, -0.05) is 0 Å². The van der Waals surface area contributed by atoms with Crippen molar-refractivity contribution < 1.29 is 27.5 Å². The molecule has 10 heteroatoms. The van der Waals surface area contributed by atoms with E-state index in [2.05, 4.69) is 10.3 Å². The van der Waals surface area contributed by atoms with Gasteiger partial charge in [0.2, 0.25) is 5.91 Å². The summed E-state index contributed by atoms with van der Waals surface area (Å²) in [5.41, 5.74) is -0.267. The quantitative estimate of drug-likeness (QED) is 0.623. The Balaban J connectivity index is 1.64. The number of pyridine rings is 1. The summed E-state index contributed by atoms with van der Waals surface area (Å²) in [5, 5.41) is 2.86. The zero-order valence-corrected chi connectivity index (χ0v) is 20.7. The number of nitrogens with zero attached hydrogens (tertiary/aromatic N) is 3. The van der Waals surface area contributed by atoms with E-state index >= 15 is 0 Å². The van der Waals surface area contributed by atoms with Crippen LogP contribution in [0.2, 0.25) is 0 Å². The lowest BCUT2D eigenvalue weighted by molar-refractivity contribution is -0.121. The topological polar surface area (TPSA) is 74.8 Å². The summed E-state index contributed by atoms with van der Waals surface area (Å²) in [6.45, 7) is 6.42. The van der Waals surface area contributed by atoms with Crippen LogP contribution in [0.3, 0.4) is 0 Å². The van der Waals surface area contributed by atoms with Gasteiger partial charge in [-0.05, 0) is 64.3 Å². The second-order valence-corrected chi connectivity index (χ2v) is 10.3. The summed E-state index contributed by atoms with van der Waals surface area (Å²) in [7, 11) is 0. The minimum absolute atomic E-state index is 0.0380. The molecule has 0 aliphatic carbocycles. The van der Waals surface area contributed by atoms with Crippen molar-refractivity contribution in [3.63, 3.8) is 0 Å². The van der Waals surface area contributed by atoms with E-state index in [4.69, 9.17) is 4.74 Å². The molecule has 1 aromatic heterocycles. The molecule has 2 aliphatic rings. The van der Waals surface area contributed by atoms with Crippen LogP contribution in [0.4, 0.5) is 29.5 Å². The number of carbonyl (C=O) groups excluding carboxylic acids is 2. The van der Waals surface area contributed by atoms with Gasteiger partial charge >= 0.3 is 6.09 Å². The van der Waals surface area contributed by atoms with Gasteiger partial charge in [0.05, 0.1) is 18.2 Å². The molecule has 2 atom stereocenters. The Morgan fingerprint density at radius 1 is 1.08 bits per heavy atom. The largest absolute Gasteiger partial charge is 0.444 e. The molecular formula is C26H31F3N4O3. The maximum atomic E-state index is 14.7. The number of amides is 2. The van der Waals surface area contributed by atoms with Crippen molar-refractivity contribution in [3.8, 4) is 11.1 Å². The fourth-order valence-corrected chi connectivity index (χ4v) is 4.56. The number of alkyl halides is 1. The van der Waals surface area contributed by atoms with Crippen LogP contribution < -0.4 is 10.2 Å². The van der Waals surface area contributed by atoms with Gasteiger partial charge in [0.1, 0.15) is 23.4 Å². The highest BCUT2D eigenvalue weighted by Crippen LogP contribution is 2.38. The third-order valence-electron chi connectivity index (χ3n) is 6.27. The number of aromatic nitrogens is 1. The fraction of sp³-hybridized carbons (Fsp3) is 0.500. The van der Waals surface area contributed by atoms with E-state index in [0.29, 0.717) is 38.2 Å². The molecule has 2 amide bonds. The number of rotatable bonds is 4. The maximum absolute atomic E-state index is 14.7. The van der Waals surface area contributed by atoms with Crippen molar-refractivity contribution >= 4 is 23.5 Å². The first-order valence-electron chi connectivity index (χ1n) is 12.1. The molecule has 36 heavy (non-hydrogen) atoms. The number of benzene rings is 1. The van der Waals surface area contributed by atoms with Crippen molar-refractivity contribution in [2.24, 2.45) is 5.92 Å². The van der Waals surface area contributed by atoms with Gasteiger partial charge in [0.15, 0.2) is 5.82 Å². The van der Waals surface area contributed by atoms with E-state index in [9.17, 15) is 22.8 Å². The average molecular weight is 505 g/mol. The van der Waals surface area contributed by atoms with Gasteiger partial charge in [0, 0.05) is 37.0 Å². The number of ether oxygens (including phenoxy) is 1. The second-order valence-electron chi connectivity index (χ2n) is 10.3. The molecule has 0 radical (unpaired) electrons. The first kappa shape index (κ1) is 25.8. The molecule has 1 aromatic carbocycles. The number of anilines is 2. The Kier molecular flexibility index (Phi) is 7.42. The van der Waals surface area contributed by atoms with E-state index < -0.39 is 35.4 Å². The molecule has 0 spiro atoms. The molecule has 4 rings (SSSR count). The maximum Gasteiger partial charge on any atom is 0.410 e. The third-order valence-corrected chi connectivity index (χ3v) is 6.27. The number of hydrogen-bond acceptors (Lipinski definition) is 5. The Bertz CT molecular complexity index is 1140. The Morgan fingerprint density at radius 2 is 1.86 bits per heavy atom. The fourth-order valence-electron chi connectivity index (χ4n) is 4.56. The zero-order valence-electron chi connectivity index (χ0n) is 20.7. The number of carbonyl (C=O) groups is 2. The van der Waals surface area contributed by atoms with E-state index in [-0.39, 0.29) is 35.8 Å². The summed E-state index contributed by atoms with van der Waals surface area (Å²) in [6, 6.07) is 4.58. The molecule has 0 saturated carbocycles. The van der Waals surface area contributed by atoms with E-state index in [0.717, 1.165) is 18.2 Å². The lowest BCUT2D eigenvalue weighted by atomic mass is 9.96. The molecule has 194 valence electrons. The molecule has 2 aliphatic heterocycles. The number of nitrogens with one attached hydrogen (secondary N) is 1. The zero-order chi connectivity index (χ0) is 26.0. The third kappa shape index (κ3) is 5.91. The summed E-state index contributed by atoms with van der Waals surface area (Å²) < 4.78 is 48.2. The van der Waals surface area contributed by atoms with Crippen molar-refractivity contribution in [2.45, 2.75) is 51.8 Å². The Morgan fingerprint density at radius 3 is 2.56 bits per heavy atom. The van der Waals surface area contributed by atoms with Gasteiger partial charge < -0.3 is 19.9 Å². The Labute approximate surface area is 208 Å². The van der Waals surface area contributed by atoms with E-state index in [1.165, 1.54) is 17.2 Å². The second kappa shape index (κ2) is 10.4. The molecule has 0 bridgehead atoms. The number of piperidine rings is 1. The van der Waals surface area contributed by atoms with Gasteiger partial charge in [-0.25, -0.2) is 22.9 Å². The summed E-state index contributed by atoms with van der Waals surface area (Å²) >= 11 is 0. The minimum atomic E-state index is -1.05.